The van der Waals surface area contributed by atoms with E-state index in [2.05, 4.69) is 5.32 Å². The minimum absolute atomic E-state index is 0.364. The molecule has 3 nitrogen and oxygen atoms in total. The van der Waals surface area contributed by atoms with Gasteiger partial charge in [0, 0.05) is 18.2 Å². The quantitative estimate of drug-likeness (QED) is 0.816. The summed E-state index contributed by atoms with van der Waals surface area (Å²) in [6.45, 7) is 2.80. The summed E-state index contributed by atoms with van der Waals surface area (Å²) < 4.78 is 5.52. The third-order valence-corrected chi connectivity index (χ3v) is 3.66. The minimum Gasteiger partial charge on any atom is -0.389 e. The Bertz CT molecular complexity index is 447. The number of thiocarbonyl (C=S) groups is 1. The Morgan fingerprint density at radius 2 is 2.28 bits per heavy atom. The normalized spacial score (nSPS) is 22.3. The van der Waals surface area contributed by atoms with Crippen LogP contribution < -0.4 is 11.1 Å². The molecule has 1 aliphatic rings. The molecule has 2 rings (SSSR count). The number of anilines is 1. The lowest BCUT2D eigenvalue weighted by Crippen LogP contribution is -2.40. The number of hydrogen-bond acceptors (Lipinski definition) is 3. The molecular formula is C13H17ClN2OS. The van der Waals surface area contributed by atoms with Crippen LogP contribution in [0.15, 0.2) is 18.2 Å². The zero-order valence-electron chi connectivity index (χ0n) is 10.3. The first kappa shape index (κ1) is 13.6. The Balaban J connectivity index is 1.93. The van der Waals surface area contributed by atoms with Crippen LogP contribution in [0.1, 0.15) is 25.3 Å². The number of nitrogens with one attached hydrogen (secondary N) is 1. The van der Waals surface area contributed by atoms with Gasteiger partial charge in [-0.1, -0.05) is 23.8 Å². The number of nitrogens with two attached hydrogens (primary N) is 1. The van der Waals surface area contributed by atoms with Gasteiger partial charge in [0.15, 0.2) is 0 Å². The van der Waals surface area contributed by atoms with Gasteiger partial charge in [0.1, 0.15) is 4.99 Å². The van der Waals surface area contributed by atoms with Crippen molar-refractivity contribution >= 4 is 34.5 Å². The van der Waals surface area contributed by atoms with Crippen LogP contribution in [-0.4, -0.2) is 23.7 Å². The van der Waals surface area contributed by atoms with Crippen molar-refractivity contribution in [2.45, 2.75) is 31.9 Å². The van der Waals surface area contributed by atoms with Crippen LogP contribution in [0.4, 0.5) is 5.69 Å². The van der Waals surface area contributed by atoms with Crippen molar-refractivity contribution in [3.05, 3.63) is 28.8 Å². The molecule has 98 valence electrons. The van der Waals surface area contributed by atoms with Gasteiger partial charge < -0.3 is 15.8 Å². The van der Waals surface area contributed by atoms with Crippen molar-refractivity contribution in [2.75, 3.05) is 11.9 Å². The molecule has 1 aromatic carbocycles. The van der Waals surface area contributed by atoms with Crippen LogP contribution in [0.5, 0.6) is 0 Å². The van der Waals surface area contributed by atoms with Gasteiger partial charge in [-0.25, -0.2) is 0 Å². The fourth-order valence-corrected chi connectivity index (χ4v) is 2.42. The first-order valence-corrected chi connectivity index (χ1v) is 6.86. The van der Waals surface area contributed by atoms with Crippen molar-refractivity contribution in [2.24, 2.45) is 5.73 Å². The van der Waals surface area contributed by atoms with E-state index in [-0.39, 0.29) is 0 Å². The maximum atomic E-state index is 6.19. The fourth-order valence-electron chi connectivity index (χ4n) is 2.06. The molecule has 0 atom stereocenters. The van der Waals surface area contributed by atoms with Crippen molar-refractivity contribution in [3.63, 3.8) is 0 Å². The molecule has 1 fully saturated rings. The van der Waals surface area contributed by atoms with Gasteiger partial charge >= 0.3 is 0 Å². The summed E-state index contributed by atoms with van der Waals surface area (Å²) in [5.74, 6) is 0. The van der Waals surface area contributed by atoms with E-state index in [0.717, 1.165) is 30.7 Å². The van der Waals surface area contributed by atoms with Crippen LogP contribution in [0.3, 0.4) is 0 Å². The zero-order valence-corrected chi connectivity index (χ0v) is 11.9. The van der Waals surface area contributed by atoms with Gasteiger partial charge in [-0.15, -0.1) is 0 Å². The minimum atomic E-state index is 0.364. The maximum absolute atomic E-state index is 6.19. The van der Waals surface area contributed by atoms with E-state index in [1.165, 1.54) is 0 Å². The number of rotatable bonds is 5. The highest BCUT2D eigenvalue weighted by atomic mass is 35.5. The molecule has 0 unspecified atom stereocenters. The van der Waals surface area contributed by atoms with Crippen molar-refractivity contribution in [1.82, 2.24) is 0 Å². The lowest BCUT2D eigenvalue weighted by molar-refractivity contribution is 0.00299. The van der Waals surface area contributed by atoms with Gasteiger partial charge in [0.2, 0.25) is 0 Å². The van der Waals surface area contributed by atoms with E-state index in [9.17, 15) is 0 Å². The second-order valence-electron chi connectivity index (χ2n) is 4.45. The standard InChI is InChI=1S/C13H17ClN2OS/c1-2-17-10-6-9(7-10)16-12-4-3-8(13(15)18)5-11(12)14/h3-5,9-10,16H,2,6-7H2,1H3,(H2,15,18). The Labute approximate surface area is 118 Å². The molecule has 3 N–H and O–H groups in total. The van der Waals surface area contributed by atoms with E-state index >= 15 is 0 Å². The van der Waals surface area contributed by atoms with E-state index in [1.807, 2.05) is 19.1 Å². The van der Waals surface area contributed by atoms with E-state index < -0.39 is 0 Å². The van der Waals surface area contributed by atoms with E-state index in [1.54, 1.807) is 6.07 Å². The van der Waals surface area contributed by atoms with Gasteiger partial charge in [0.05, 0.1) is 16.8 Å². The summed E-state index contributed by atoms with van der Waals surface area (Å²) in [5, 5.41) is 4.06. The summed E-state index contributed by atoms with van der Waals surface area (Å²) >= 11 is 11.1. The Kier molecular flexibility index (Phi) is 4.43. The lowest BCUT2D eigenvalue weighted by atomic mass is 9.89. The van der Waals surface area contributed by atoms with Crippen LogP contribution in [0.2, 0.25) is 5.02 Å². The highest BCUT2D eigenvalue weighted by molar-refractivity contribution is 7.80. The molecule has 1 aliphatic carbocycles. The number of halogens is 1. The SMILES string of the molecule is CCOC1CC(Nc2ccc(C(N)=S)cc2Cl)C1. The van der Waals surface area contributed by atoms with Crippen LogP contribution >= 0.6 is 23.8 Å². The summed E-state index contributed by atoms with van der Waals surface area (Å²) in [6, 6.07) is 6.04. The highest BCUT2D eigenvalue weighted by Gasteiger charge is 2.29. The molecule has 0 aromatic heterocycles. The molecule has 0 saturated heterocycles. The number of hydrogen-bond donors (Lipinski definition) is 2. The Hall–Kier alpha value is -0.840. The van der Waals surface area contributed by atoms with Crippen molar-refractivity contribution in [3.8, 4) is 0 Å². The Morgan fingerprint density at radius 3 is 2.83 bits per heavy atom. The largest absolute Gasteiger partial charge is 0.389 e. The van der Waals surface area contributed by atoms with E-state index in [0.29, 0.717) is 22.2 Å². The summed E-state index contributed by atoms with van der Waals surface area (Å²) in [5.41, 5.74) is 7.28. The molecule has 0 spiro atoms. The molecular weight excluding hydrogens is 268 g/mol. The molecule has 1 saturated carbocycles. The van der Waals surface area contributed by atoms with Gasteiger partial charge in [-0.2, -0.15) is 0 Å². The van der Waals surface area contributed by atoms with Gasteiger partial charge in [0.25, 0.3) is 0 Å². The van der Waals surface area contributed by atoms with Crippen molar-refractivity contribution < 1.29 is 4.74 Å². The fraction of sp³-hybridized carbons (Fsp3) is 0.462. The number of ether oxygens (including phenoxy) is 1. The molecule has 18 heavy (non-hydrogen) atoms. The van der Waals surface area contributed by atoms with Gasteiger partial charge in [-0.05, 0) is 38.0 Å². The second-order valence-corrected chi connectivity index (χ2v) is 5.30. The van der Waals surface area contributed by atoms with Crippen LogP contribution in [0, 0.1) is 0 Å². The molecule has 1 aromatic rings. The second kappa shape index (κ2) is 5.87. The summed E-state index contributed by atoms with van der Waals surface area (Å²) in [6.07, 6.45) is 2.45. The molecule has 0 heterocycles. The average Bonchev–Trinajstić information content (AvgIpc) is 2.28. The molecule has 5 heteroatoms. The van der Waals surface area contributed by atoms with Gasteiger partial charge in [-0.3, -0.25) is 0 Å². The molecule has 0 radical (unpaired) electrons. The topological polar surface area (TPSA) is 47.3 Å². The third-order valence-electron chi connectivity index (χ3n) is 3.11. The zero-order chi connectivity index (χ0) is 13.1. The summed E-state index contributed by atoms with van der Waals surface area (Å²) in [7, 11) is 0. The monoisotopic (exact) mass is 284 g/mol. The average molecular weight is 285 g/mol. The predicted octanol–water partition coefficient (Wildman–Crippen LogP) is 2.95. The maximum Gasteiger partial charge on any atom is 0.104 e. The van der Waals surface area contributed by atoms with Crippen molar-refractivity contribution in [1.29, 1.82) is 0 Å². The number of benzene rings is 1. The molecule has 0 aliphatic heterocycles. The summed E-state index contributed by atoms with van der Waals surface area (Å²) in [4.78, 5) is 0.364. The van der Waals surface area contributed by atoms with Crippen LogP contribution in [0.25, 0.3) is 0 Å². The highest BCUT2D eigenvalue weighted by Crippen LogP contribution is 2.30. The molecule has 0 amide bonds. The smallest absolute Gasteiger partial charge is 0.104 e. The first-order valence-electron chi connectivity index (χ1n) is 6.07. The molecule has 0 bridgehead atoms. The predicted molar refractivity (Wildman–Crippen MR) is 79.4 cm³/mol. The lowest BCUT2D eigenvalue weighted by Gasteiger charge is -2.36. The van der Waals surface area contributed by atoms with Crippen LogP contribution in [-0.2, 0) is 4.74 Å². The third kappa shape index (κ3) is 3.13. The first-order chi connectivity index (χ1) is 8.60. The van der Waals surface area contributed by atoms with E-state index in [4.69, 9.17) is 34.3 Å². The Morgan fingerprint density at radius 1 is 1.56 bits per heavy atom.